The molecule has 1 aromatic rings. The Bertz CT molecular complexity index is 339. The molecule has 1 fully saturated rings. The molecule has 1 aliphatic rings. The number of nitrogens with zero attached hydrogens (tertiary/aromatic N) is 1. The summed E-state index contributed by atoms with van der Waals surface area (Å²) in [5.74, 6) is 0.699. The third-order valence-electron chi connectivity index (χ3n) is 2.91. The Morgan fingerprint density at radius 1 is 1.38 bits per heavy atom. The smallest absolute Gasteiger partial charge is 0.243 e. The number of aromatic nitrogens is 1. The summed E-state index contributed by atoms with van der Waals surface area (Å²) in [5, 5.41) is 3.09. The van der Waals surface area contributed by atoms with Crippen molar-refractivity contribution in [1.82, 2.24) is 9.88 Å². The van der Waals surface area contributed by atoms with E-state index in [0.717, 1.165) is 19.3 Å². The highest BCUT2D eigenvalue weighted by Gasteiger charge is 2.28. The zero-order chi connectivity index (χ0) is 11.5. The molecule has 0 spiro atoms. The molecule has 1 atom stereocenters. The van der Waals surface area contributed by atoms with E-state index in [1.807, 2.05) is 29.1 Å². The van der Waals surface area contributed by atoms with Gasteiger partial charge < -0.3 is 9.88 Å². The first kappa shape index (κ1) is 11.2. The van der Waals surface area contributed by atoms with Crippen molar-refractivity contribution < 1.29 is 4.79 Å². The van der Waals surface area contributed by atoms with Crippen molar-refractivity contribution in [2.24, 2.45) is 5.92 Å². The summed E-state index contributed by atoms with van der Waals surface area (Å²) in [6.45, 7) is 4.31. The molecule has 3 heteroatoms. The molecule has 0 bridgehead atoms. The van der Waals surface area contributed by atoms with Crippen molar-refractivity contribution in [3.05, 3.63) is 24.5 Å². The minimum atomic E-state index is -0.0457. The first-order valence-corrected chi connectivity index (χ1v) is 6.09. The molecular weight excluding hydrogens is 200 g/mol. The van der Waals surface area contributed by atoms with Crippen molar-refractivity contribution in [1.29, 1.82) is 0 Å². The van der Waals surface area contributed by atoms with Gasteiger partial charge in [-0.25, -0.2) is 0 Å². The number of amides is 1. The lowest BCUT2D eigenvalue weighted by Crippen LogP contribution is -2.34. The minimum absolute atomic E-state index is 0.0457. The number of hydrogen-bond donors (Lipinski definition) is 1. The Morgan fingerprint density at radius 2 is 2.00 bits per heavy atom. The van der Waals surface area contributed by atoms with Crippen LogP contribution in [0.4, 0.5) is 0 Å². The van der Waals surface area contributed by atoms with Crippen LogP contribution in [0, 0.1) is 5.92 Å². The standard InChI is InChI=1S/C13H20N2O/c1-10(2)9-12(15-7-3-4-8-15)13(16)14-11-5-6-11/h3-4,7-8,10-12H,5-6,9H2,1-2H3,(H,14,16)/t12-/m0/s1. The van der Waals surface area contributed by atoms with Gasteiger partial charge in [-0.15, -0.1) is 0 Å². The second-order valence-corrected chi connectivity index (χ2v) is 5.06. The van der Waals surface area contributed by atoms with E-state index in [1.165, 1.54) is 0 Å². The molecule has 88 valence electrons. The monoisotopic (exact) mass is 220 g/mol. The van der Waals surface area contributed by atoms with Gasteiger partial charge >= 0.3 is 0 Å². The Morgan fingerprint density at radius 3 is 2.50 bits per heavy atom. The molecule has 1 aromatic heterocycles. The van der Waals surface area contributed by atoms with Gasteiger partial charge in [0.05, 0.1) is 0 Å². The number of carbonyl (C=O) groups excluding carboxylic acids is 1. The lowest BCUT2D eigenvalue weighted by atomic mass is 10.0. The molecule has 1 amide bonds. The van der Waals surface area contributed by atoms with Gasteiger partial charge in [-0.05, 0) is 37.3 Å². The summed E-state index contributed by atoms with van der Waals surface area (Å²) in [6, 6.07) is 4.34. The van der Waals surface area contributed by atoms with Gasteiger partial charge in [-0.1, -0.05) is 13.8 Å². The molecule has 3 nitrogen and oxygen atoms in total. The molecule has 2 rings (SSSR count). The first-order chi connectivity index (χ1) is 7.66. The molecule has 1 aliphatic carbocycles. The van der Waals surface area contributed by atoms with Crippen LogP contribution < -0.4 is 5.32 Å². The summed E-state index contributed by atoms with van der Waals surface area (Å²) in [5.41, 5.74) is 0. The van der Waals surface area contributed by atoms with E-state index in [2.05, 4.69) is 19.2 Å². The molecule has 0 unspecified atom stereocenters. The molecule has 1 saturated carbocycles. The fraction of sp³-hybridized carbons (Fsp3) is 0.615. The van der Waals surface area contributed by atoms with E-state index in [0.29, 0.717) is 12.0 Å². The third-order valence-corrected chi connectivity index (χ3v) is 2.91. The summed E-state index contributed by atoms with van der Waals surface area (Å²) in [6.07, 6.45) is 7.13. The van der Waals surface area contributed by atoms with Crippen LogP contribution in [0.15, 0.2) is 24.5 Å². The van der Waals surface area contributed by atoms with Gasteiger partial charge in [-0.3, -0.25) is 4.79 Å². The molecule has 0 aliphatic heterocycles. The van der Waals surface area contributed by atoms with Crippen LogP contribution in [0.5, 0.6) is 0 Å². The van der Waals surface area contributed by atoms with Gasteiger partial charge in [0.1, 0.15) is 6.04 Å². The fourth-order valence-electron chi connectivity index (χ4n) is 1.89. The number of nitrogens with one attached hydrogen (secondary N) is 1. The highest BCUT2D eigenvalue weighted by atomic mass is 16.2. The molecule has 0 radical (unpaired) electrons. The van der Waals surface area contributed by atoms with Crippen LogP contribution in [0.3, 0.4) is 0 Å². The van der Waals surface area contributed by atoms with E-state index in [9.17, 15) is 4.79 Å². The quantitative estimate of drug-likeness (QED) is 0.812. The van der Waals surface area contributed by atoms with Gasteiger partial charge in [0.2, 0.25) is 5.91 Å². The molecule has 16 heavy (non-hydrogen) atoms. The lowest BCUT2D eigenvalue weighted by Gasteiger charge is -2.20. The van der Waals surface area contributed by atoms with E-state index in [4.69, 9.17) is 0 Å². The number of rotatable bonds is 5. The van der Waals surface area contributed by atoms with Crippen LogP contribution >= 0.6 is 0 Å². The number of carbonyl (C=O) groups is 1. The predicted molar refractivity (Wildman–Crippen MR) is 64.1 cm³/mol. The maximum atomic E-state index is 12.1. The molecule has 0 saturated heterocycles. The molecular formula is C13H20N2O. The molecule has 1 N–H and O–H groups in total. The van der Waals surface area contributed by atoms with Crippen molar-refractivity contribution in [3.63, 3.8) is 0 Å². The molecule has 1 heterocycles. The molecule has 0 aromatic carbocycles. The van der Waals surface area contributed by atoms with Crippen molar-refractivity contribution in [2.45, 2.75) is 45.2 Å². The predicted octanol–water partition coefficient (Wildman–Crippen LogP) is 2.35. The SMILES string of the molecule is CC(C)C[C@@H](C(=O)NC1CC1)n1cccc1. The fourth-order valence-corrected chi connectivity index (χ4v) is 1.89. The third kappa shape index (κ3) is 2.87. The Kier molecular flexibility index (Phi) is 3.32. The Hall–Kier alpha value is -1.25. The van der Waals surface area contributed by atoms with Crippen LogP contribution in [0.2, 0.25) is 0 Å². The first-order valence-electron chi connectivity index (χ1n) is 6.09. The maximum absolute atomic E-state index is 12.1. The highest BCUT2D eigenvalue weighted by molar-refractivity contribution is 5.80. The Balaban J connectivity index is 2.03. The van der Waals surface area contributed by atoms with Crippen LogP contribution in [-0.2, 0) is 4.79 Å². The van der Waals surface area contributed by atoms with Gasteiger partial charge in [0, 0.05) is 18.4 Å². The van der Waals surface area contributed by atoms with Crippen molar-refractivity contribution in [2.75, 3.05) is 0 Å². The van der Waals surface area contributed by atoms with E-state index in [1.54, 1.807) is 0 Å². The van der Waals surface area contributed by atoms with E-state index in [-0.39, 0.29) is 11.9 Å². The van der Waals surface area contributed by atoms with Crippen molar-refractivity contribution in [3.8, 4) is 0 Å². The van der Waals surface area contributed by atoms with E-state index < -0.39 is 0 Å². The highest BCUT2D eigenvalue weighted by Crippen LogP contribution is 2.23. The topological polar surface area (TPSA) is 34.0 Å². The maximum Gasteiger partial charge on any atom is 0.243 e. The van der Waals surface area contributed by atoms with Crippen LogP contribution in [0.25, 0.3) is 0 Å². The summed E-state index contributed by atoms with van der Waals surface area (Å²) in [4.78, 5) is 12.1. The van der Waals surface area contributed by atoms with Gasteiger partial charge in [0.25, 0.3) is 0 Å². The van der Waals surface area contributed by atoms with Crippen molar-refractivity contribution >= 4 is 5.91 Å². The average molecular weight is 220 g/mol. The van der Waals surface area contributed by atoms with E-state index >= 15 is 0 Å². The summed E-state index contributed by atoms with van der Waals surface area (Å²) in [7, 11) is 0. The van der Waals surface area contributed by atoms with Gasteiger partial charge in [-0.2, -0.15) is 0 Å². The second kappa shape index (κ2) is 4.73. The Labute approximate surface area is 96.8 Å². The zero-order valence-electron chi connectivity index (χ0n) is 10.0. The minimum Gasteiger partial charge on any atom is -0.352 e. The zero-order valence-corrected chi connectivity index (χ0v) is 10.0. The normalized spacial score (nSPS) is 17.4. The number of hydrogen-bond acceptors (Lipinski definition) is 1. The average Bonchev–Trinajstić information content (AvgIpc) is 2.87. The lowest BCUT2D eigenvalue weighted by molar-refractivity contribution is -0.124. The summed E-state index contributed by atoms with van der Waals surface area (Å²) < 4.78 is 2.01. The van der Waals surface area contributed by atoms with Crippen LogP contribution in [0.1, 0.15) is 39.2 Å². The van der Waals surface area contributed by atoms with Crippen LogP contribution in [-0.4, -0.2) is 16.5 Å². The van der Waals surface area contributed by atoms with Gasteiger partial charge in [0.15, 0.2) is 0 Å². The second-order valence-electron chi connectivity index (χ2n) is 5.06. The largest absolute Gasteiger partial charge is 0.352 e. The summed E-state index contributed by atoms with van der Waals surface area (Å²) >= 11 is 0.